The number of carbonyl (C=O) groups is 3. The van der Waals surface area contributed by atoms with Crippen molar-refractivity contribution < 1.29 is 19.1 Å². The molecule has 1 aromatic carbocycles. The fraction of sp³-hybridized carbons (Fsp3) is 0.571. The van der Waals surface area contributed by atoms with Crippen LogP contribution in [0.3, 0.4) is 0 Å². The Kier molecular flexibility index (Phi) is 5.99. The van der Waals surface area contributed by atoms with Crippen molar-refractivity contribution in [3.63, 3.8) is 0 Å². The Balaban J connectivity index is 1.33. The van der Waals surface area contributed by atoms with Gasteiger partial charge in [0.1, 0.15) is 0 Å². The third-order valence-electron chi connectivity index (χ3n) is 5.68. The molecule has 8 nitrogen and oxygen atoms in total. The van der Waals surface area contributed by atoms with E-state index in [-0.39, 0.29) is 23.8 Å². The number of hydrogen-bond donors (Lipinski definition) is 2. The van der Waals surface area contributed by atoms with Gasteiger partial charge in [-0.2, -0.15) is 0 Å². The average molecular weight is 400 g/mol. The van der Waals surface area contributed by atoms with Gasteiger partial charge in [-0.25, -0.2) is 4.79 Å². The highest BCUT2D eigenvalue weighted by atomic mass is 16.5. The molecule has 1 aromatic rings. The summed E-state index contributed by atoms with van der Waals surface area (Å²) in [5, 5.41) is 5.65. The second kappa shape index (κ2) is 8.82. The van der Waals surface area contributed by atoms with Gasteiger partial charge in [0.15, 0.2) is 0 Å². The second-order valence-corrected chi connectivity index (χ2v) is 7.98. The zero-order valence-electron chi connectivity index (χ0n) is 16.6. The quantitative estimate of drug-likeness (QED) is 0.805. The van der Waals surface area contributed by atoms with Crippen molar-refractivity contribution in [2.75, 3.05) is 44.7 Å². The molecule has 4 amide bonds. The molecule has 1 unspecified atom stereocenters. The first-order chi connectivity index (χ1) is 14.1. The molecule has 1 saturated carbocycles. The first kappa shape index (κ1) is 19.7. The van der Waals surface area contributed by atoms with E-state index in [0.717, 1.165) is 25.7 Å². The van der Waals surface area contributed by atoms with Gasteiger partial charge in [-0.05, 0) is 49.9 Å². The predicted octanol–water partition coefficient (Wildman–Crippen LogP) is 1.68. The van der Waals surface area contributed by atoms with Crippen LogP contribution in [0.2, 0.25) is 0 Å². The molecule has 0 spiro atoms. The van der Waals surface area contributed by atoms with E-state index in [1.54, 1.807) is 29.2 Å². The van der Waals surface area contributed by atoms with Gasteiger partial charge in [0, 0.05) is 43.5 Å². The summed E-state index contributed by atoms with van der Waals surface area (Å²) in [4.78, 5) is 41.1. The van der Waals surface area contributed by atoms with Crippen LogP contribution < -0.4 is 10.6 Å². The molecular formula is C21H28N4O4. The van der Waals surface area contributed by atoms with Crippen molar-refractivity contribution in [1.82, 2.24) is 15.1 Å². The number of benzene rings is 1. The number of nitrogens with one attached hydrogen (secondary N) is 2. The Morgan fingerprint density at radius 2 is 1.66 bits per heavy atom. The standard InChI is InChI=1S/C21H28N4O4/c26-19(15-3-5-17(6-4-15)22-21(28)23-18-7-8-18)25-9-1-2-16(14-25)20(27)24-10-12-29-13-11-24/h3-6,16,18H,1-2,7-14H2,(H2,22,23,28). The molecule has 3 aliphatic rings. The van der Waals surface area contributed by atoms with Crippen LogP contribution in [-0.4, -0.2) is 73.1 Å². The molecule has 2 heterocycles. The minimum absolute atomic E-state index is 0.0709. The van der Waals surface area contributed by atoms with Crippen molar-refractivity contribution in [3.05, 3.63) is 29.8 Å². The summed E-state index contributed by atoms with van der Waals surface area (Å²) < 4.78 is 5.32. The monoisotopic (exact) mass is 400 g/mol. The van der Waals surface area contributed by atoms with E-state index in [2.05, 4.69) is 10.6 Å². The number of rotatable bonds is 4. The maximum Gasteiger partial charge on any atom is 0.319 e. The summed E-state index contributed by atoms with van der Waals surface area (Å²) in [6, 6.07) is 7.00. The number of likely N-dealkylation sites (tertiary alicyclic amines) is 1. The van der Waals surface area contributed by atoms with Crippen LogP contribution in [0.4, 0.5) is 10.5 Å². The Bertz CT molecular complexity index is 756. The summed E-state index contributed by atoms with van der Waals surface area (Å²) in [5.74, 6) is -0.0802. The maximum absolute atomic E-state index is 12.9. The highest BCUT2D eigenvalue weighted by Gasteiger charge is 2.32. The second-order valence-electron chi connectivity index (χ2n) is 7.98. The fourth-order valence-electron chi connectivity index (χ4n) is 3.86. The van der Waals surface area contributed by atoms with Crippen molar-refractivity contribution >= 4 is 23.5 Å². The minimum atomic E-state index is -0.216. The van der Waals surface area contributed by atoms with Crippen LogP contribution in [0, 0.1) is 5.92 Å². The van der Waals surface area contributed by atoms with Gasteiger partial charge < -0.3 is 25.2 Å². The smallest absolute Gasteiger partial charge is 0.319 e. The van der Waals surface area contributed by atoms with Gasteiger partial charge in [0.05, 0.1) is 19.1 Å². The highest BCUT2D eigenvalue weighted by Crippen LogP contribution is 2.22. The highest BCUT2D eigenvalue weighted by molar-refractivity contribution is 5.96. The summed E-state index contributed by atoms with van der Waals surface area (Å²) in [5.41, 5.74) is 1.22. The summed E-state index contributed by atoms with van der Waals surface area (Å²) in [6.07, 6.45) is 3.71. The largest absolute Gasteiger partial charge is 0.378 e. The Morgan fingerprint density at radius 3 is 2.34 bits per heavy atom. The SMILES string of the molecule is O=C(Nc1ccc(C(=O)N2CCCC(C(=O)N3CCOCC3)C2)cc1)NC1CC1. The van der Waals surface area contributed by atoms with Crippen LogP contribution in [0.5, 0.6) is 0 Å². The van der Waals surface area contributed by atoms with E-state index in [1.165, 1.54) is 0 Å². The number of hydrogen-bond acceptors (Lipinski definition) is 4. The molecule has 156 valence electrons. The van der Waals surface area contributed by atoms with Crippen molar-refractivity contribution in [2.45, 2.75) is 31.7 Å². The number of amides is 4. The average Bonchev–Trinajstić information content (AvgIpc) is 3.58. The molecule has 1 aliphatic carbocycles. The Hall–Kier alpha value is -2.61. The van der Waals surface area contributed by atoms with E-state index in [9.17, 15) is 14.4 Å². The summed E-state index contributed by atoms with van der Waals surface area (Å²) >= 11 is 0. The zero-order valence-corrected chi connectivity index (χ0v) is 16.6. The van der Waals surface area contributed by atoms with Crippen molar-refractivity contribution in [2.24, 2.45) is 5.92 Å². The van der Waals surface area contributed by atoms with E-state index in [0.29, 0.717) is 56.7 Å². The van der Waals surface area contributed by atoms with Crippen LogP contribution in [0.25, 0.3) is 0 Å². The molecule has 0 bridgehead atoms. The number of urea groups is 1. The number of ether oxygens (including phenoxy) is 1. The van der Waals surface area contributed by atoms with E-state index < -0.39 is 0 Å². The van der Waals surface area contributed by atoms with Gasteiger partial charge in [-0.3, -0.25) is 9.59 Å². The molecule has 0 aromatic heterocycles. The summed E-state index contributed by atoms with van der Waals surface area (Å²) in [7, 11) is 0. The Labute approximate surface area is 170 Å². The molecule has 2 saturated heterocycles. The van der Waals surface area contributed by atoms with E-state index in [4.69, 9.17) is 4.74 Å². The van der Waals surface area contributed by atoms with Gasteiger partial charge in [-0.15, -0.1) is 0 Å². The molecule has 2 aliphatic heterocycles. The first-order valence-electron chi connectivity index (χ1n) is 10.4. The first-order valence-corrected chi connectivity index (χ1v) is 10.4. The number of piperidine rings is 1. The van der Waals surface area contributed by atoms with Gasteiger partial charge in [0.25, 0.3) is 5.91 Å². The Morgan fingerprint density at radius 1 is 0.931 bits per heavy atom. The third-order valence-corrected chi connectivity index (χ3v) is 5.68. The number of anilines is 1. The minimum Gasteiger partial charge on any atom is -0.378 e. The lowest BCUT2D eigenvalue weighted by Gasteiger charge is -2.36. The number of carbonyl (C=O) groups excluding carboxylic acids is 3. The van der Waals surface area contributed by atoms with Crippen LogP contribution in [-0.2, 0) is 9.53 Å². The number of nitrogens with zero attached hydrogens (tertiary/aromatic N) is 2. The number of morpholine rings is 1. The lowest BCUT2D eigenvalue weighted by Crippen LogP contribution is -2.49. The molecule has 1 atom stereocenters. The molecule has 2 N–H and O–H groups in total. The topological polar surface area (TPSA) is 91.0 Å². The fourth-order valence-corrected chi connectivity index (χ4v) is 3.86. The third kappa shape index (κ3) is 5.06. The van der Waals surface area contributed by atoms with Gasteiger partial charge in [0.2, 0.25) is 5.91 Å². The molecule has 0 radical (unpaired) electrons. The van der Waals surface area contributed by atoms with E-state index in [1.807, 2.05) is 4.90 Å². The van der Waals surface area contributed by atoms with Crippen molar-refractivity contribution in [1.29, 1.82) is 0 Å². The predicted molar refractivity (Wildman–Crippen MR) is 108 cm³/mol. The lowest BCUT2D eigenvalue weighted by molar-refractivity contribution is -0.141. The lowest BCUT2D eigenvalue weighted by atomic mass is 9.95. The molecule has 4 rings (SSSR count). The van der Waals surface area contributed by atoms with Crippen LogP contribution in [0.1, 0.15) is 36.0 Å². The molecule has 29 heavy (non-hydrogen) atoms. The molecule has 3 fully saturated rings. The van der Waals surface area contributed by atoms with Crippen LogP contribution in [0.15, 0.2) is 24.3 Å². The summed E-state index contributed by atoms with van der Waals surface area (Å²) in [6.45, 7) is 3.55. The maximum atomic E-state index is 12.9. The van der Waals surface area contributed by atoms with Crippen molar-refractivity contribution in [3.8, 4) is 0 Å². The van der Waals surface area contributed by atoms with Gasteiger partial charge >= 0.3 is 6.03 Å². The molecule has 8 heteroatoms. The van der Waals surface area contributed by atoms with E-state index >= 15 is 0 Å². The van der Waals surface area contributed by atoms with Crippen LogP contribution >= 0.6 is 0 Å². The molecular weight excluding hydrogens is 372 g/mol. The van der Waals surface area contributed by atoms with Gasteiger partial charge in [-0.1, -0.05) is 0 Å². The normalized spacial score (nSPS) is 22.1. The zero-order chi connectivity index (χ0) is 20.2.